The van der Waals surface area contributed by atoms with Gasteiger partial charge in [0.15, 0.2) is 0 Å². The van der Waals surface area contributed by atoms with Crippen molar-refractivity contribution in [2.24, 2.45) is 0 Å². The quantitative estimate of drug-likeness (QED) is 0.657. The number of rotatable bonds is 0. The summed E-state index contributed by atoms with van der Waals surface area (Å²) in [5.74, 6) is 0. The van der Waals surface area contributed by atoms with Crippen LogP contribution in [-0.2, 0) is 5.41 Å². The lowest BCUT2D eigenvalue weighted by Crippen LogP contribution is -2.23. The molecule has 1 aromatic carbocycles. The molecule has 1 N–H and O–H groups in total. The summed E-state index contributed by atoms with van der Waals surface area (Å²) in [6.45, 7) is 3.34. The van der Waals surface area contributed by atoms with Crippen molar-refractivity contribution in [2.75, 3.05) is 11.9 Å². The van der Waals surface area contributed by atoms with Crippen LogP contribution in [0.15, 0.2) is 18.2 Å². The van der Waals surface area contributed by atoms with Crippen LogP contribution in [0, 0.1) is 6.92 Å². The van der Waals surface area contributed by atoms with Crippen LogP contribution in [0.4, 0.5) is 5.69 Å². The first-order valence-corrected chi connectivity index (χ1v) is 5.65. The van der Waals surface area contributed by atoms with E-state index in [9.17, 15) is 0 Å². The van der Waals surface area contributed by atoms with Crippen LogP contribution in [0.3, 0.4) is 0 Å². The van der Waals surface area contributed by atoms with Gasteiger partial charge >= 0.3 is 0 Å². The predicted octanol–water partition coefficient (Wildman–Crippen LogP) is 3.23. The first kappa shape index (κ1) is 8.34. The lowest BCUT2D eigenvalue weighted by Gasteiger charge is -2.22. The zero-order valence-corrected chi connectivity index (χ0v) is 8.77. The molecule has 0 amide bonds. The maximum atomic E-state index is 3.57. The summed E-state index contributed by atoms with van der Waals surface area (Å²) in [5, 5.41) is 3.57. The van der Waals surface area contributed by atoms with Crippen molar-refractivity contribution >= 4 is 5.69 Å². The summed E-state index contributed by atoms with van der Waals surface area (Å²) >= 11 is 0. The maximum absolute atomic E-state index is 3.57. The topological polar surface area (TPSA) is 12.0 Å². The van der Waals surface area contributed by atoms with E-state index in [1.807, 2.05) is 0 Å². The molecule has 14 heavy (non-hydrogen) atoms. The molecule has 0 atom stereocenters. The van der Waals surface area contributed by atoms with Crippen LogP contribution in [0.1, 0.15) is 36.8 Å². The van der Waals surface area contributed by atoms with Crippen LogP contribution >= 0.6 is 0 Å². The Morgan fingerprint density at radius 2 is 2.00 bits per heavy atom. The van der Waals surface area contributed by atoms with Crippen LogP contribution in [0.5, 0.6) is 0 Å². The van der Waals surface area contributed by atoms with Gasteiger partial charge in [-0.05, 0) is 37.0 Å². The Morgan fingerprint density at radius 1 is 1.21 bits per heavy atom. The molecule has 2 aliphatic rings. The molecule has 1 fully saturated rings. The average molecular weight is 187 g/mol. The van der Waals surface area contributed by atoms with E-state index >= 15 is 0 Å². The van der Waals surface area contributed by atoms with E-state index in [0.29, 0.717) is 5.41 Å². The lowest BCUT2D eigenvalue weighted by atomic mass is 9.81. The van der Waals surface area contributed by atoms with E-state index in [-0.39, 0.29) is 0 Å². The van der Waals surface area contributed by atoms with Gasteiger partial charge in [0.05, 0.1) is 0 Å². The predicted molar refractivity (Wildman–Crippen MR) is 59.8 cm³/mol. The minimum absolute atomic E-state index is 0.503. The number of anilines is 1. The monoisotopic (exact) mass is 187 g/mol. The molecule has 1 aliphatic heterocycles. The summed E-state index contributed by atoms with van der Waals surface area (Å²) in [6.07, 6.45) is 5.59. The summed E-state index contributed by atoms with van der Waals surface area (Å²) in [6, 6.07) is 6.89. The first-order valence-electron chi connectivity index (χ1n) is 5.65. The summed E-state index contributed by atoms with van der Waals surface area (Å²) < 4.78 is 0. The molecule has 1 heterocycles. The van der Waals surface area contributed by atoms with Gasteiger partial charge in [0.25, 0.3) is 0 Å². The van der Waals surface area contributed by atoms with E-state index in [1.54, 1.807) is 5.56 Å². The zero-order valence-electron chi connectivity index (χ0n) is 8.77. The van der Waals surface area contributed by atoms with Gasteiger partial charge in [0.1, 0.15) is 0 Å². The maximum Gasteiger partial charge on any atom is 0.0382 e. The third kappa shape index (κ3) is 1.01. The molecular weight excluding hydrogens is 170 g/mol. The molecule has 0 bridgehead atoms. The lowest BCUT2D eigenvalue weighted by molar-refractivity contribution is 0.489. The highest BCUT2D eigenvalue weighted by molar-refractivity contribution is 5.62. The van der Waals surface area contributed by atoms with Gasteiger partial charge in [0.2, 0.25) is 0 Å². The van der Waals surface area contributed by atoms with E-state index in [4.69, 9.17) is 0 Å². The van der Waals surface area contributed by atoms with Crippen molar-refractivity contribution in [2.45, 2.75) is 38.0 Å². The Labute approximate surface area is 85.5 Å². The Bertz CT molecular complexity index is 361. The van der Waals surface area contributed by atoms with Crippen molar-refractivity contribution in [3.63, 3.8) is 0 Å². The normalized spacial score (nSPS) is 22.4. The van der Waals surface area contributed by atoms with Crippen molar-refractivity contribution in [3.8, 4) is 0 Å². The fraction of sp³-hybridized carbons (Fsp3) is 0.538. The minimum atomic E-state index is 0.503. The third-order valence-corrected chi connectivity index (χ3v) is 3.92. The van der Waals surface area contributed by atoms with Crippen molar-refractivity contribution < 1.29 is 0 Å². The standard InChI is InChI=1S/C13H17N/c1-10-4-5-11-12(8-10)14-9-13(11)6-2-3-7-13/h4-5,8,14H,2-3,6-7,9H2,1H3. The number of benzene rings is 1. The molecule has 1 nitrogen and oxygen atoms in total. The molecule has 74 valence electrons. The van der Waals surface area contributed by atoms with Crippen LogP contribution < -0.4 is 5.32 Å². The number of hydrogen-bond acceptors (Lipinski definition) is 1. The second kappa shape index (κ2) is 2.75. The molecule has 0 unspecified atom stereocenters. The van der Waals surface area contributed by atoms with E-state index in [2.05, 4.69) is 30.4 Å². The molecule has 3 rings (SSSR count). The highest BCUT2D eigenvalue weighted by Gasteiger charge is 2.40. The van der Waals surface area contributed by atoms with Crippen LogP contribution in [-0.4, -0.2) is 6.54 Å². The summed E-state index contributed by atoms with van der Waals surface area (Å²) in [5.41, 5.74) is 4.85. The van der Waals surface area contributed by atoms with Crippen molar-refractivity contribution in [1.29, 1.82) is 0 Å². The second-order valence-electron chi connectivity index (χ2n) is 4.89. The van der Waals surface area contributed by atoms with E-state index < -0.39 is 0 Å². The summed E-state index contributed by atoms with van der Waals surface area (Å²) in [7, 11) is 0. The fourth-order valence-corrected chi connectivity index (χ4v) is 3.12. The van der Waals surface area contributed by atoms with E-state index in [0.717, 1.165) is 0 Å². The Kier molecular flexibility index (Phi) is 1.64. The molecule has 0 radical (unpaired) electrons. The Hall–Kier alpha value is -0.980. The second-order valence-corrected chi connectivity index (χ2v) is 4.89. The molecule has 0 aromatic heterocycles. The highest BCUT2D eigenvalue weighted by Crippen LogP contribution is 2.47. The first-order chi connectivity index (χ1) is 6.80. The Morgan fingerprint density at radius 3 is 2.79 bits per heavy atom. The molecule has 1 saturated carbocycles. The van der Waals surface area contributed by atoms with Gasteiger partial charge in [0, 0.05) is 17.6 Å². The zero-order chi connectivity index (χ0) is 9.60. The third-order valence-electron chi connectivity index (χ3n) is 3.92. The SMILES string of the molecule is Cc1ccc2c(c1)NCC21CCCC1. The summed E-state index contributed by atoms with van der Waals surface area (Å²) in [4.78, 5) is 0. The van der Waals surface area contributed by atoms with Crippen molar-refractivity contribution in [1.82, 2.24) is 0 Å². The van der Waals surface area contributed by atoms with Gasteiger partial charge in [-0.25, -0.2) is 0 Å². The number of hydrogen-bond donors (Lipinski definition) is 1. The van der Waals surface area contributed by atoms with Gasteiger partial charge in [-0.3, -0.25) is 0 Å². The van der Waals surface area contributed by atoms with Crippen LogP contribution in [0.25, 0.3) is 0 Å². The highest BCUT2D eigenvalue weighted by atomic mass is 14.9. The van der Waals surface area contributed by atoms with E-state index in [1.165, 1.54) is 43.5 Å². The average Bonchev–Trinajstić information content (AvgIpc) is 2.77. The molecule has 1 heteroatoms. The molecule has 1 aliphatic carbocycles. The molecule has 1 aromatic rings. The fourth-order valence-electron chi connectivity index (χ4n) is 3.12. The Balaban J connectivity index is 2.09. The molecular formula is C13H17N. The smallest absolute Gasteiger partial charge is 0.0382 e. The minimum Gasteiger partial charge on any atom is -0.384 e. The number of fused-ring (bicyclic) bond motifs is 2. The van der Waals surface area contributed by atoms with Crippen LogP contribution in [0.2, 0.25) is 0 Å². The van der Waals surface area contributed by atoms with Gasteiger partial charge in [-0.15, -0.1) is 0 Å². The van der Waals surface area contributed by atoms with Gasteiger partial charge in [-0.2, -0.15) is 0 Å². The largest absolute Gasteiger partial charge is 0.384 e. The van der Waals surface area contributed by atoms with Gasteiger partial charge < -0.3 is 5.32 Å². The molecule has 1 spiro atoms. The number of aryl methyl sites for hydroxylation is 1. The number of nitrogens with one attached hydrogen (secondary N) is 1. The molecule has 0 saturated heterocycles. The van der Waals surface area contributed by atoms with Crippen molar-refractivity contribution in [3.05, 3.63) is 29.3 Å². The van der Waals surface area contributed by atoms with Gasteiger partial charge in [-0.1, -0.05) is 25.0 Å².